The van der Waals surface area contributed by atoms with E-state index in [1.165, 1.54) is 41.2 Å². The first-order valence-corrected chi connectivity index (χ1v) is 9.89. The van der Waals surface area contributed by atoms with E-state index < -0.39 is 20.7 Å². The average Bonchev–Trinajstić information content (AvgIpc) is 2.94. The summed E-state index contributed by atoms with van der Waals surface area (Å²) in [6, 6.07) is 12.0. The molecule has 1 heterocycles. The van der Waals surface area contributed by atoms with Crippen LogP contribution in [0.25, 0.3) is 5.69 Å². The number of hydrogen-bond donors (Lipinski definition) is 1. The Labute approximate surface area is 164 Å². The first-order valence-electron chi connectivity index (χ1n) is 7.48. The molecule has 2 aromatic carbocycles. The van der Waals surface area contributed by atoms with Crippen LogP contribution in [-0.4, -0.2) is 22.9 Å². The van der Waals surface area contributed by atoms with E-state index in [0.717, 1.165) is 0 Å². The van der Waals surface area contributed by atoms with Gasteiger partial charge in [-0.15, -0.1) is 0 Å². The Bertz CT molecular complexity index is 1100. The van der Waals surface area contributed by atoms with Crippen molar-refractivity contribution in [3.8, 4) is 5.69 Å². The Morgan fingerprint density at radius 3 is 2.37 bits per heavy atom. The van der Waals surface area contributed by atoms with Crippen molar-refractivity contribution in [2.45, 2.75) is 5.75 Å². The zero-order chi connectivity index (χ0) is 19.6. The number of hydrogen-bond acceptors (Lipinski definition) is 5. The molecule has 0 aliphatic heterocycles. The summed E-state index contributed by atoms with van der Waals surface area (Å²) in [5, 5.41) is 11.4. The van der Waals surface area contributed by atoms with Gasteiger partial charge in [-0.3, -0.25) is 19.4 Å². The minimum atomic E-state index is -3.85. The molecule has 0 spiro atoms. The summed E-state index contributed by atoms with van der Waals surface area (Å²) in [7, 11) is -3.85. The molecule has 0 amide bonds. The smallest absolute Gasteiger partial charge is 0.273 e. The fraction of sp³-hybridized carbons (Fsp3) is 0.0625. The minimum absolute atomic E-state index is 0.103. The van der Waals surface area contributed by atoms with Gasteiger partial charge >= 0.3 is 0 Å². The summed E-state index contributed by atoms with van der Waals surface area (Å²) in [6.07, 6.45) is 1.44. The predicted molar refractivity (Wildman–Crippen MR) is 103 cm³/mol. The van der Waals surface area contributed by atoms with Crippen LogP contribution in [0.5, 0.6) is 0 Å². The topological polar surface area (TPSA) is 107 Å². The van der Waals surface area contributed by atoms with Crippen molar-refractivity contribution >= 4 is 44.6 Å². The Morgan fingerprint density at radius 1 is 1.11 bits per heavy atom. The van der Waals surface area contributed by atoms with Gasteiger partial charge in [0.05, 0.1) is 4.92 Å². The van der Waals surface area contributed by atoms with E-state index in [9.17, 15) is 18.5 Å². The second-order valence-corrected chi connectivity index (χ2v) is 7.93. The van der Waals surface area contributed by atoms with Gasteiger partial charge in [-0.25, -0.2) is 13.4 Å². The number of benzene rings is 2. The third-order valence-electron chi connectivity index (χ3n) is 3.62. The fourth-order valence-electron chi connectivity index (χ4n) is 2.41. The summed E-state index contributed by atoms with van der Waals surface area (Å²) in [6.45, 7) is 0. The minimum Gasteiger partial charge on any atom is -0.288 e. The lowest BCUT2D eigenvalue weighted by Crippen LogP contribution is -2.15. The lowest BCUT2D eigenvalue weighted by Gasteiger charge is -2.10. The van der Waals surface area contributed by atoms with Gasteiger partial charge in [-0.1, -0.05) is 41.4 Å². The van der Waals surface area contributed by atoms with Crippen molar-refractivity contribution in [3.05, 3.63) is 80.8 Å². The molecule has 0 unspecified atom stereocenters. The molecule has 0 aliphatic carbocycles. The third kappa shape index (κ3) is 4.38. The van der Waals surface area contributed by atoms with Crippen molar-refractivity contribution in [2.24, 2.45) is 0 Å². The van der Waals surface area contributed by atoms with E-state index in [-0.39, 0.29) is 21.6 Å². The van der Waals surface area contributed by atoms with E-state index >= 15 is 0 Å². The highest BCUT2D eigenvalue weighted by molar-refractivity contribution is 7.91. The van der Waals surface area contributed by atoms with Crippen LogP contribution < -0.4 is 4.72 Å². The molecule has 0 aliphatic rings. The maximum absolute atomic E-state index is 12.4. The van der Waals surface area contributed by atoms with E-state index in [1.807, 2.05) is 0 Å². The molecular weight excluding hydrogens is 415 g/mol. The Hall–Kier alpha value is -2.62. The lowest BCUT2D eigenvalue weighted by atomic mass is 10.2. The number of para-hydroxylation sites is 1. The summed E-state index contributed by atoms with van der Waals surface area (Å²) in [5.74, 6) is -0.519. The third-order valence-corrected chi connectivity index (χ3v) is 5.59. The summed E-state index contributed by atoms with van der Waals surface area (Å²) < 4.78 is 28.7. The van der Waals surface area contributed by atoms with E-state index in [4.69, 9.17) is 23.2 Å². The van der Waals surface area contributed by atoms with Gasteiger partial charge in [0.25, 0.3) is 5.69 Å². The van der Waals surface area contributed by atoms with Crippen molar-refractivity contribution in [1.29, 1.82) is 0 Å². The van der Waals surface area contributed by atoms with Crippen LogP contribution in [-0.2, 0) is 15.8 Å². The number of nitro benzene ring substituents is 1. The molecule has 3 aromatic rings. The first-order chi connectivity index (χ1) is 12.8. The van der Waals surface area contributed by atoms with Gasteiger partial charge in [-0.2, -0.15) is 0 Å². The van der Waals surface area contributed by atoms with E-state index in [1.54, 1.807) is 18.2 Å². The van der Waals surface area contributed by atoms with Crippen LogP contribution in [0, 0.1) is 10.1 Å². The number of nitrogens with zero attached hydrogens (tertiary/aromatic N) is 3. The average molecular weight is 427 g/mol. The maximum Gasteiger partial charge on any atom is 0.273 e. The normalized spacial score (nSPS) is 11.3. The molecule has 0 radical (unpaired) electrons. The van der Waals surface area contributed by atoms with Crippen LogP contribution in [0.4, 0.5) is 11.4 Å². The van der Waals surface area contributed by atoms with Gasteiger partial charge in [0.1, 0.15) is 12.1 Å². The number of halogens is 2. The fourth-order valence-corrected chi connectivity index (χ4v) is 3.96. The molecule has 140 valence electrons. The standard InChI is InChI=1S/C16H12Cl2N4O4S/c17-15-16(18)21(10-19-15)13-7-5-12(6-8-13)20-27(25,26)9-11-3-1-2-4-14(11)22(23)24/h1-8,10,20H,9H2. The number of nitrogens with one attached hydrogen (secondary N) is 1. The summed E-state index contributed by atoms with van der Waals surface area (Å²) in [4.78, 5) is 14.3. The lowest BCUT2D eigenvalue weighted by molar-refractivity contribution is -0.385. The number of sulfonamides is 1. The number of imidazole rings is 1. The van der Waals surface area contributed by atoms with Crippen LogP contribution in [0.1, 0.15) is 5.56 Å². The van der Waals surface area contributed by atoms with Crippen LogP contribution >= 0.6 is 23.2 Å². The highest BCUT2D eigenvalue weighted by Crippen LogP contribution is 2.25. The molecule has 0 saturated carbocycles. The summed E-state index contributed by atoms with van der Waals surface area (Å²) >= 11 is 11.8. The second kappa shape index (κ2) is 7.55. The molecule has 0 bridgehead atoms. The molecule has 3 rings (SSSR count). The van der Waals surface area contributed by atoms with Gasteiger partial charge in [-0.05, 0) is 24.3 Å². The van der Waals surface area contributed by atoms with Crippen molar-refractivity contribution in [2.75, 3.05) is 4.72 Å². The zero-order valence-corrected chi connectivity index (χ0v) is 15.9. The number of anilines is 1. The van der Waals surface area contributed by atoms with E-state index in [0.29, 0.717) is 11.4 Å². The Kier molecular flexibility index (Phi) is 5.36. The number of nitro groups is 1. The van der Waals surface area contributed by atoms with Crippen LogP contribution in [0.15, 0.2) is 54.9 Å². The zero-order valence-electron chi connectivity index (χ0n) is 13.5. The highest BCUT2D eigenvalue weighted by atomic mass is 35.5. The van der Waals surface area contributed by atoms with Gasteiger partial charge < -0.3 is 0 Å². The molecular formula is C16H12Cl2N4O4S. The molecule has 8 nitrogen and oxygen atoms in total. The molecule has 27 heavy (non-hydrogen) atoms. The largest absolute Gasteiger partial charge is 0.288 e. The summed E-state index contributed by atoms with van der Waals surface area (Å²) in [5.41, 5.74) is 0.803. The maximum atomic E-state index is 12.4. The highest BCUT2D eigenvalue weighted by Gasteiger charge is 2.20. The van der Waals surface area contributed by atoms with Gasteiger partial charge in [0.15, 0.2) is 10.3 Å². The first kappa shape index (κ1) is 19.2. The quantitative estimate of drug-likeness (QED) is 0.472. The molecule has 1 N–H and O–H groups in total. The molecule has 0 atom stereocenters. The van der Waals surface area contributed by atoms with Crippen LogP contribution in [0.3, 0.4) is 0 Å². The molecule has 11 heteroatoms. The monoisotopic (exact) mass is 426 g/mol. The van der Waals surface area contributed by atoms with E-state index in [2.05, 4.69) is 9.71 Å². The van der Waals surface area contributed by atoms with Gasteiger partial charge in [0, 0.05) is 23.0 Å². The Balaban J connectivity index is 1.78. The van der Waals surface area contributed by atoms with Crippen molar-refractivity contribution in [1.82, 2.24) is 9.55 Å². The van der Waals surface area contributed by atoms with Crippen molar-refractivity contribution < 1.29 is 13.3 Å². The van der Waals surface area contributed by atoms with Gasteiger partial charge in [0.2, 0.25) is 10.0 Å². The molecule has 0 saturated heterocycles. The number of aromatic nitrogens is 2. The Morgan fingerprint density at radius 2 is 1.78 bits per heavy atom. The predicted octanol–water partition coefficient (Wildman–Crippen LogP) is 4.03. The SMILES string of the molecule is O=[N+]([O-])c1ccccc1CS(=O)(=O)Nc1ccc(-n2cnc(Cl)c2Cl)cc1. The van der Waals surface area contributed by atoms with Crippen LogP contribution in [0.2, 0.25) is 10.3 Å². The molecule has 0 fully saturated rings. The molecule has 1 aromatic heterocycles. The van der Waals surface area contributed by atoms with Crippen molar-refractivity contribution in [3.63, 3.8) is 0 Å². The second-order valence-electron chi connectivity index (χ2n) is 5.49. The number of rotatable bonds is 6.